The van der Waals surface area contributed by atoms with Crippen LogP contribution in [0.15, 0.2) is 46.0 Å². The van der Waals surface area contributed by atoms with Crippen molar-refractivity contribution in [2.75, 3.05) is 4.72 Å². The van der Waals surface area contributed by atoms with Crippen molar-refractivity contribution in [3.05, 3.63) is 47.3 Å². The Hall–Kier alpha value is -2.92. The smallest absolute Gasteiger partial charge is 0.327 e. The summed E-state index contributed by atoms with van der Waals surface area (Å²) in [5.74, 6) is -2.41. The minimum atomic E-state index is -3.67. The molecule has 0 aliphatic heterocycles. The van der Waals surface area contributed by atoms with E-state index in [0.717, 1.165) is 24.2 Å². The third kappa shape index (κ3) is 5.05. The fraction of sp³-hybridized carbons (Fsp3) is 0.188. The van der Waals surface area contributed by atoms with E-state index in [1.165, 1.54) is 30.3 Å². The third-order valence-electron chi connectivity index (χ3n) is 3.57. The van der Waals surface area contributed by atoms with Crippen LogP contribution in [0.2, 0.25) is 0 Å². The second-order valence-electron chi connectivity index (χ2n) is 5.77. The van der Waals surface area contributed by atoms with Crippen LogP contribution in [-0.2, 0) is 19.6 Å². The Balaban J connectivity index is 1.54. The second-order valence-corrected chi connectivity index (χ2v) is 8.63. The number of carbonyl (C=O) groups is 3. The molecule has 0 spiro atoms. The first kappa shape index (κ1) is 18.9. The fourth-order valence-electron chi connectivity index (χ4n) is 2.03. The summed E-state index contributed by atoms with van der Waals surface area (Å²) in [4.78, 5) is 35.0. The normalized spacial score (nSPS) is 13.5. The summed E-state index contributed by atoms with van der Waals surface area (Å²) in [6.07, 6.45) is 1.68. The third-order valence-corrected chi connectivity index (χ3v) is 6.35. The topological polar surface area (TPSA) is 133 Å². The van der Waals surface area contributed by atoms with Crippen LogP contribution in [0.5, 0.6) is 0 Å². The highest BCUT2D eigenvalue weighted by molar-refractivity contribution is 7.94. The Morgan fingerprint density at radius 3 is 2.26 bits per heavy atom. The SMILES string of the molecule is O=C(NNC(=O)c1ccc(NS(=O)(=O)c2cccs2)cc1)C(=O)NC1CC1. The van der Waals surface area contributed by atoms with Crippen LogP contribution >= 0.6 is 11.3 Å². The quantitative estimate of drug-likeness (QED) is 0.424. The first-order chi connectivity index (χ1) is 12.8. The Morgan fingerprint density at radius 2 is 1.67 bits per heavy atom. The number of nitrogens with one attached hydrogen (secondary N) is 4. The lowest BCUT2D eigenvalue weighted by atomic mass is 10.2. The number of rotatable bonds is 5. The lowest BCUT2D eigenvalue weighted by Crippen LogP contribution is -2.48. The lowest BCUT2D eigenvalue weighted by Gasteiger charge is -2.09. The van der Waals surface area contributed by atoms with Gasteiger partial charge in [-0.05, 0) is 48.6 Å². The molecule has 142 valence electrons. The van der Waals surface area contributed by atoms with E-state index in [4.69, 9.17) is 0 Å². The van der Waals surface area contributed by atoms with E-state index in [9.17, 15) is 22.8 Å². The first-order valence-electron chi connectivity index (χ1n) is 7.93. The molecule has 27 heavy (non-hydrogen) atoms. The van der Waals surface area contributed by atoms with Gasteiger partial charge in [-0.15, -0.1) is 11.3 Å². The Bertz CT molecular complexity index is 951. The van der Waals surface area contributed by atoms with Crippen LogP contribution in [0.3, 0.4) is 0 Å². The van der Waals surface area contributed by atoms with Crippen molar-refractivity contribution >= 4 is 44.8 Å². The van der Waals surface area contributed by atoms with Gasteiger partial charge in [0.1, 0.15) is 4.21 Å². The number of benzene rings is 1. The molecule has 0 atom stereocenters. The standard InChI is InChI=1S/C16H16N4O5S2/c21-14(18-19-16(23)15(22)17-11-7-8-11)10-3-5-12(6-4-10)20-27(24,25)13-2-1-9-26-13/h1-6,9,11,20H,7-8H2,(H,17,22)(H,18,21)(H,19,23). The Morgan fingerprint density at radius 1 is 0.963 bits per heavy atom. The summed E-state index contributed by atoms with van der Waals surface area (Å²) in [6, 6.07) is 8.76. The molecule has 2 aromatic rings. The molecule has 0 saturated heterocycles. The van der Waals surface area contributed by atoms with Gasteiger partial charge in [0.25, 0.3) is 15.9 Å². The fourth-order valence-corrected chi connectivity index (χ4v) is 4.08. The van der Waals surface area contributed by atoms with E-state index >= 15 is 0 Å². The van der Waals surface area contributed by atoms with Crippen LogP contribution in [0.1, 0.15) is 23.2 Å². The first-order valence-corrected chi connectivity index (χ1v) is 10.3. The van der Waals surface area contributed by atoms with Gasteiger partial charge in [-0.1, -0.05) is 6.07 Å². The second kappa shape index (κ2) is 7.76. The highest BCUT2D eigenvalue weighted by atomic mass is 32.2. The molecular weight excluding hydrogens is 392 g/mol. The van der Waals surface area contributed by atoms with Gasteiger partial charge in [0.05, 0.1) is 0 Å². The maximum Gasteiger partial charge on any atom is 0.327 e. The molecule has 4 N–H and O–H groups in total. The van der Waals surface area contributed by atoms with E-state index in [-0.39, 0.29) is 21.5 Å². The molecule has 11 heteroatoms. The van der Waals surface area contributed by atoms with Gasteiger partial charge >= 0.3 is 11.8 Å². The average molecular weight is 408 g/mol. The van der Waals surface area contributed by atoms with Crippen molar-refractivity contribution in [1.82, 2.24) is 16.2 Å². The molecule has 1 aliphatic carbocycles. The van der Waals surface area contributed by atoms with Crippen LogP contribution in [-0.4, -0.2) is 32.2 Å². The molecule has 0 unspecified atom stereocenters. The number of hydrogen-bond donors (Lipinski definition) is 4. The summed E-state index contributed by atoms with van der Waals surface area (Å²) in [5.41, 5.74) is 4.61. The van der Waals surface area contributed by atoms with Crippen LogP contribution in [0.25, 0.3) is 0 Å². The molecular formula is C16H16N4O5S2. The van der Waals surface area contributed by atoms with Gasteiger partial charge in [-0.2, -0.15) is 0 Å². The molecule has 1 fully saturated rings. The van der Waals surface area contributed by atoms with Crippen LogP contribution in [0, 0.1) is 0 Å². The molecule has 1 aromatic carbocycles. The summed E-state index contributed by atoms with van der Waals surface area (Å²) in [6.45, 7) is 0. The number of thiophene rings is 1. The van der Waals surface area contributed by atoms with Crippen molar-refractivity contribution in [2.24, 2.45) is 0 Å². The molecule has 1 saturated carbocycles. The van der Waals surface area contributed by atoms with Crippen molar-refractivity contribution in [3.63, 3.8) is 0 Å². The van der Waals surface area contributed by atoms with Crippen molar-refractivity contribution < 1.29 is 22.8 Å². The molecule has 0 bridgehead atoms. The zero-order valence-corrected chi connectivity index (χ0v) is 15.5. The minimum absolute atomic E-state index is 0.0319. The number of hydrogen-bond acceptors (Lipinski definition) is 6. The van der Waals surface area contributed by atoms with Gasteiger partial charge in [0, 0.05) is 17.3 Å². The van der Waals surface area contributed by atoms with Gasteiger partial charge < -0.3 is 5.32 Å². The number of carbonyl (C=O) groups excluding carboxylic acids is 3. The molecule has 1 aromatic heterocycles. The predicted molar refractivity (Wildman–Crippen MR) is 98.3 cm³/mol. The summed E-state index contributed by atoms with van der Waals surface area (Å²) in [5, 5.41) is 4.15. The molecule has 0 radical (unpaired) electrons. The minimum Gasteiger partial charge on any atom is -0.345 e. The number of anilines is 1. The van der Waals surface area contributed by atoms with E-state index < -0.39 is 27.7 Å². The monoisotopic (exact) mass is 408 g/mol. The zero-order valence-electron chi connectivity index (χ0n) is 13.9. The van der Waals surface area contributed by atoms with Gasteiger partial charge in [-0.25, -0.2) is 8.42 Å². The number of amides is 3. The molecule has 1 heterocycles. The molecule has 9 nitrogen and oxygen atoms in total. The maximum atomic E-state index is 12.1. The van der Waals surface area contributed by atoms with Crippen molar-refractivity contribution in [2.45, 2.75) is 23.1 Å². The Labute approximate surface area is 159 Å². The summed E-state index contributed by atoms with van der Waals surface area (Å²) in [7, 11) is -3.67. The highest BCUT2D eigenvalue weighted by Crippen LogP contribution is 2.20. The number of hydrazine groups is 1. The van der Waals surface area contributed by atoms with Crippen LogP contribution < -0.4 is 20.9 Å². The van der Waals surface area contributed by atoms with E-state index in [1.54, 1.807) is 11.4 Å². The van der Waals surface area contributed by atoms with Crippen LogP contribution in [0.4, 0.5) is 5.69 Å². The van der Waals surface area contributed by atoms with E-state index in [0.29, 0.717) is 0 Å². The number of sulfonamides is 1. The Kier molecular flexibility index (Phi) is 5.42. The van der Waals surface area contributed by atoms with Gasteiger partial charge in [-0.3, -0.25) is 30.0 Å². The lowest BCUT2D eigenvalue weighted by molar-refractivity contribution is -0.139. The molecule has 3 amide bonds. The highest BCUT2D eigenvalue weighted by Gasteiger charge is 2.26. The van der Waals surface area contributed by atoms with E-state index in [1.807, 2.05) is 5.43 Å². The zero-order chi connectivity index (χ0) is 19.4. The van der Waals surface area contributed by atoms with Gasteiger partial charge in [0.2, 0.25) is 0 Å². The predicted octanol–water partition coefficient (Wildman–Crippen LogP) is 0.588. The molecule has 1 aliphatic rings. The summed E-state index contributed by atoms with van der Waals surface area (Å²) < 4.78 is 26.9. The maximum absolute atomic E-state index is 12.1. The van der Waals surface area contributed by atoms with Crippen molar-refractivity contribution in [3.8, 4) is 0 Å². The van der Waals surface area contributed by atoms with Gasteiger partial charge in [0.15, 0.2) is 0 Å². The summed E-state index contributed by atoms with van der Waals surface area (Å²) >= 11 is 1.09. The average Bonchev–Trinajstić information content (AvgIpc) is 3.26. The van der Waals surface area contributed by atoms with Crippen molar-refractivity contribution in [1.29, 1.82) is 0 Å². The van der Waals surface area contributed by atoms with E-state index in [2.05, 4.69) is 15.5 Å². The molecule has 3 rings (SSSR count). The largest absolute Gasteiger partial charge is 0.345 e.